The molecule has 2 unspecified atom stereocenters. The Bertz CT molecular complexity index is 861. The molecule has 1 rings (SSSR count). The van der Waals surface area contributed by atoms with Crippen molar-refractivity contribution in [2.24, 2.45) is 17.1 Å². The third kappa shape index (κ3) is 8.97. The molecule has 33 heavy (non-hydrogen) atoms. The Labute approximate surface area is 192 Å². The first kappa shape index (κ1) is 27.7. The van der Waals surface area contributed by atoms with Crippen LogP contribution in [0.1, 0.15) is 45.6 Å². The van der Waals surface area contributed by atoms with E-state index in [1.54, 1.807) is 6.92 Å². The zero-order valence-electron chi connectivity index (χ0n) is 19.6. The first-order chi connectivity index (χ1) is 15.3. The first-order valence-electron chi connectivity index (χ1n) is 10.1. The van der Waals surface area contributed by atoms with Crippen LogP contribution in [0.5, 0.6) is 11.5 Å². The van der Waals surface area contributed by atoms with Crippen LogP contribution in [-0.2, 0) is 23.8 Å². The minimum Gasteiger partial charge on any atom is -0.480 e. The Morgan fingerprint density at radius 3 is 2.03 bits per heavy atom. The van der Waals surface area contributed by atoms with Gasteiger partial charge in [0, 0.05) is 5.92 Å². The Morgan fingerprint density at radius 2 is 1.55 bits per heavy atom. The summed E-state index contributed by atoms with van der Waals surface area (Å²) in [7, 11) is 2.19. The Hall–Kier alpha value is -3.34. The van der Waals surface area contributed by atoms with Crippen LogP contribution in [-0.4, -0.2) is 56.2 Å². The molecule has 0 amide bonds. The van der Waals surface area contributed by atoms with Gasteiger partial charge < -0.3 is 34.5 Å². The van der Waals surface area contributed by atoms with E-state index in [4.69, 9.17) is 19.9 Å². The van der Waals surface area contributed by atoms with Gasteiger partial charge >= 0.3 is 24.2 Å². The summed E-state index contributed by atoms with van der Waals surface area (Å²) in [5, 5.41) is 9.53. The Balaban J connectivity index is 3.27. The van der Waals surface area contributed by atoms with Gasteiger partial charge in [0.1, 0.15) is 6.04 Å². The molecular weight excluding hydrogens is 438 g/mol. The molecule has 0 saturated carbocycles. The molecular formula is C22H31NO10. The number of carbonyl (C=O) groups is 4. The predicted molar refractivity (Wildman–Crippen MR) is 115 cm³/mol. The lowest BCUT2D eigenvalue weighted by atomic mass is 9.82. The number of carboxylic acid groups (broad SMARTS) is 1. The third-order valence-electron chi connectivity index (χ3n) is 4.54. The molecule has 1 aromatic carbocycles. The third-order valence-corrected chi connectivity index (χ3v) is 4.54. The summed E-state index contributed by atoms with van der Waals surface area (Å²) in [5.74, 6) is -3.46. The van der Waals surface area contributed by atoms with E-state index in [-0.39, 0.29) is 29.9 Å². The highest BCUT2D eigenvalue weighted by Crippen LogP contribution is 2.36. The molecule has 3 N–H and O–H groups in total. The molecule has 0 aromatic heterocycles. The van der Waals surface area contributed by atoms with E-state index in [1.807, 2.05) is 20.8 Å². The average Bonchev–Trinajstić information content (AvgIpc) is 2.72. The molecule has 0 saturated heterocycles. The molecule has 0 heterocycles. The number of aliphatic carboxylic acids is 1. The molecule has 3 atom stereocenters. The fourth-order valence-electron chi connectivity index (χ4n) is 3.01. The smallest absolute Gasteiger partial charge is 0.480 e. The number of rotatable bonds is 9. The van der Waals surface area contributed by atoms with Crippen molar-refractivity contribution < 1.29 is 48.0 Å². The summed E-state index contributed by atoms with van der Waals surface area (Å²) in [6.07, 6.45) is -1.97. The summed E-state index contributed by atoms with van der Waals surface area (Å²) in [6.45, 7) is 7.26. The maximum atomic E-state index is 12.1. The van der Waals surface area contributed by atoms with E-state index in [0.717, 1.165) is 14.2 Å². The van der Waals surface area contributed by atoms with Crippen LogP contribution in [0.15, 0.2) is 18.2 Å². The number of carboxylic acids is 1. The topological polar surface area (TPSA) is 161 Å². The van der Waals surface area contributed by atoms with Gasteiger partial charge in [0.2, 0.25) is 0 Å². The number of ether oxygens (including phenoxy) is 5. The maximum Gasteiger partial charge on any atom is 0.513 e. The molecule has 1 aromatic rings. The fourth-order valence-corrected chi connectivity index (χ4v) is 3.01. The molecule has 0 aliphatic rings. The van der Waals surface area contributed by atoms with E-state index >= 15 is 0 Å². The van der Waals surface area contributed by atoms with Crippen LogP contribution in [0.3, 0.4) is 0 Å². The van der Waals surface area contributed by atoms with Gasteiger partial charge in [-0.1, -0.05) is 33.8 Å². The normalized spacial score (nSPS) is 13.8. The van der Waals surface area contributed by atoms with Gasteiger partial charge in [-0.25, -0.2) is 9.59 Å². The van der Waals surface area contributed by atoms with Crippen molar-refractivity contribution in [3.8, 4) is 11.5 Å². The highest BCUT2D eigenvalue weighted by molar-refractivity contribution is 5.75. The summed E-state index contributed by atoms with van der Waals surface area (Å²) >= 11 is 0. The molecule has 0 radical (unpaired) electrons. The van der Waals surface area contributed by atoms with Gasteiger partial charge in [-0.15, -0.1) is 0 Å². The van der Waals surface area contributed by atoms with Gasteiger partial charge in [0.15, 0.2) is 11.5 Å². The first-order valence-corrected chi connectivity index (χ1v) is 10.1. The number of benzene rings is 1. The van der Waals surface area contributed by atoms with Crippen molar-refractivity contribution in [3.05, 3.63) is 23.8 Å². The monoisotopic (exact) mass is 469 g/mol. The molecule has 0 spiro atoms. The van der Waals surface area contributed by atoms with Crippen molar-refractivity contribution >= 4 is 24.2 Å². The minimum absolute atomic E-state index is 0.0891. The minimum atomic E-state index is -1.38. The molecule has 0 bridgehead atoms. The Kier molecular flexibility index (Phi) is 10.1. The second-order valence-corrected chi connectivity index (χ2v) is 8.61. The highest BCUT2D eigenvalue weighted by Gasteiger charge is 2.33. The maximum absolute atomic E-state index is 12.1. The van der Waals surface area contributed by atoms with E-state index in [1.165, 1.54) is 18.2 Å². The van der Waals surface area contributed by atoms with Crippen molar-refractivity contribution in [2.45, 2.75) is 46.1 Å². The summed E-state index contributed by atoms with van der Waals surface area (Å²) < 4.78 is 24.2. The molecule has 0 fully saturated rings. The van der Waals surface area contributed by atoms with Crippen molar-refractivity contribution in [1.29, 1.82) is 0 Å². The van der Waals surface area contributed by atoms with Crippen LogP contribution in [0.4, 0.5) is 9.59 Å². The number of hydrogen-bond donors (Lipinski definition) is 2. The van der Waals surface area contributed by atoms with E-state index in [0.29, 0.717) is 5.56 Å². The molecule has 11 nitrogen and oxygen atoms in total. The second-order valence-electron chi connectivity index (χ2n) is 8.61. The molecule has 0 aliphatic heterocycles. The van der Waals surface area contributed by atoms with Gasteiger partial charge in [0.25, 0.3) is 0 Å². The highest BCUT2D eigenvalue weighted by atomic mass is 16.7. The lowest BCUT2D eigenvalue weighted by Gasteiger charge is -2.28. The van der Waals surface area contributed by atoms with Gasteiger partial charge in [0.05, 0.1) is 27.2 Å². The number of methoxy groups -OCH3 is 2. The van der Waals surface area contributed by atoms with E-state index in [2.05, 4.69) is 9.47 Å². The van der Waals surface area contributed by atoms with Crippen molar-refractivity contribution in [1.82, 2.24) is 0 Å². The van der Waals surface area contributed by atoms with Crippen LogP contribution in [0, 0.1) is 11.3 Å². The summed E-state index contributed by atoms with van der Waals surface area (Å²) in [4.78, 5) is 46.9. The summed E-state index contributed by atoms with van der Waals surface area (Å²) in [6, 6.07) is 2.68. The van der Waals surface area contributed by atoms with Gasteiger partial charge in [-0.05, 0) is 29.0 Å². The number of carbonyl (C=O) groups excluding carboxylic acids is 3. The molecule has 11 heteroatoms. The number of hydrogen-bond acceptors (Lipinski definition) is 10. The lowest BCUT2D eigenvalue weighted by Crippen LogP contribution is -2.40. The zero-order chi connectivity index (χ0) is 25.3. The van der Waals surface area contributed by atoms with E-state index in [9.17, 15) is 24.3 Å². The van der Waals surface area contributed by atoms with Crippen LogP contribution in [0.2, 0.25) is 0 Å². The zero-order valence-corrected chi connectivity index (χ0v) is 19.6. The van der Waals surface area contributed by atoms with Crippen LogP contribution >= 0.6 is 0 Å². The molecule has 184 valence electrons. The molecule has 0 aliphatic carbocycles. The number of nitrogens with two attached hydrogens (primary N) is 1. The van der Waals surface area contributed by atoms with Gasteiger partial charge in [-0.2, -0.15) is 0 Å². The second kappa shape index (κ2) is 12.0. The summed E-state index contributed by atoms with van der Waals surface area (Å²) in [5.41, 5.74) is 6.02. The standard InChI is InChI=1S/C22H31NO10/c1-12(11-31-16(24)10-22(2,3)4)17(18(23)19(25)26)13-7-8-14(32-20(27)29-5)15(9-13)33-21(28)30-6/h7-9,12,17-18H,10-11,23H2,1-6H3,(H,25,26)/t12?,17?,18-/m0/s1. The van der Waals surface area contributed by atoms with Crippen LogP contribution < -0.4 is 15.2 Å². The van der Waals surface area contributed by atoms with Crippen molar-refractivity contribution in [2.75, 3.05) is 20.8 Å². The lowest BCUT2D eigenvalue weighted by molar-refractivity contribution is -0.147. The average molecular weight is 469 g/mol. The largest absolute Gasteiger partial charge is 0.513 e. The van der Waals surface area contributed by atoms with Crippen molar-refractivity contribution in [3.63, 3.8) is 0 Å². The Morgan fingerprint density at radius 1 is 1.00 bits per heavy atom. The predicted octanol–water partition coefficient (Wildman–Crippen LogP) is 3.09. The van der Waals surface area contributed by atoms with Gasteiger partial charge in [-0.3, -0.25) is 9.59 Å². The SMILES string of the molecule is COC(=O)Oc1ccc(C(C(C)COC(=O)CC(C)(C)C)[C@H](N)C(=O)O)cc1OC(=O)OC. The van der Waals surface area contributed by atoms with Crippen LogP contribution in [0.25, 0.3) is 0 Å². The van der Waals surface area contributed by atoms with E-state index < -0.39 is 42.1 Å². The quantitative estimate of drug-likeness (QED) is 0.310. The number of esters is 1. The fraction of sp³-hybridized carbons (Fsp3) is 0.545.